The van der Waals surface area contributed by atoms with Crippen molar-refractivity contribution in [1.82, 2.24) is 29.3 Å². The molecule has 2 aromatic heterocycles. The first-order valence-corrected chi connectivity index (χ1v) is 11.6. The Morgan fingerprint density at radius 2 is 1.45 bits per heavy atom. The Balaban J connectivity index is 1.22. The molecule has 1 aliphatic heterocycles. The summed E-state index contributed by atoms with van der Waals surface area (Å²) in [6.07, 6.45) is 2.82. The number of piperazine rings is 1. The number of aliphatic hydroxyl groups excluding tert-OH is 1. The SMILES string of the molecule is Cc1ncnc2c1ncn2CC(O)CN1CCN(C(c2ccccc2)c2ccccc2)CC1. The molecule has 1 fully saturated rings. The number of fused-ring (bicyclic) bond motifs is 1. The summed E-state index contributed by atoms with van der Waals surface area (Å²) in [6, 6.07) is 21.7. The smallest absolute Gasteiger partial charge is 0.163 e. The van der Waals surface area contributed by atoms with E-state index in [0.717, 1.165) is 43.0 Å². The van der Waals surface area contributed by atoms with E-state index in [1.165, 1.54) is 11.1 Å². The molecule has 0 bridgehead atoms. The van der Waals surface area contributed by atoms with Gasteiger partial charge in [-0.2, -0.15) is 0 Å². The zero-order valence-corrected chi connectivity index (χ0v) is 19.0. The van der Waals surface area contributed by atoms with Crippen molar-refractivity contribution in [3.63, 3.8) is 0 Å². The predicted octanol–water partition coefficient (Wildman–Crippen LogP) is 2.90. The molecule has 1 N–H and O–H groups in total. The summed E-state index contributed by atoms with van der Waals surface area (Å²) < 4.78 is 1.92. The van der Waals surface area contributed by atoms with Gasteiger partial charge in [0.2, 0.25) is 0 Å². The second kappa shape index (κ2) is 9.79. The molecule has 0 spiro atoms. The Labute approximate surface area is 194 Å². The summed E-state index contributed by atoms with van der Waals surface area (Å²) in [7, 11) is 0. The second-order valence-corrected chi connectivity index (χ2v) is 8.74. The van der Waals surface area contributed by atoms with Gasteiger partial charge in [0.05, 0.1) is 30.7 Å². The van der Waals surface area contributed by atoms with Crippen LogP contribution in [0, 0.1) is 6.92 Å². The van der Waals surface area contributed by atoms with Gasteiger partial charge in [-0.15, -0.1) is 0 Å². The summed E-state index contributed by atoms with van der Waals surface area (Å²) in [6.45, 7) is 6.82. The number of nitrogens with zero attached hydrogens (tertiary/aromatic N) is 6. The normalized spacial score (nSPS) is 16.5. The Kier molecular flexibility index (Phi) is 6.44. The molecule has 0 aliphatic carbocycles. The highest BCUT2D eigenvalue weighted by atomic mass is 16.3. The Bertz CT molecular complexity index is 1130. The molecule has 2 aromatic carbocycles. The van der Waals surface area contributed by atoms with Crippen LogP contribution in [0.2, 0.25) is 0 Å². The van der Waals surface area contributed by atoms with E-state index in [2.05, 4.69) is 85.4 Å². The van der Waals surface area contributed by atoms with Gasteiger partial charge in [0, 0.05) is 32.7 Å². The molecule has 0 saturated carbocycles. The summed E-state index contributed by atoms with van der Waals surface area (Å²) in [5.74, 6) is 0. The third-order valence-electron chi connectivity index (χ3n) is 6.46. The molecule has 1 atom stereocenters. The van der Waals surface area contributed by atoms with Crippen LogP contribution >= 0.6 is 0 Å². The molecule has 1 saturated heterocycles. The first kappa shape index (κ1) is 21.7. The number of β-amino-alcohol motifs (C(OH)–C–C–N with tert-alkyl or cyclic N) is 1. The summed E-state index contributed by atoms with van der Waals surface area (Å²) in [4.78, 5) is 17.9. The van der Waals surface area contributed by atoms with Gasteiger partial charge in [0.1, 0.15) is 11.8 Å². The number of aryl methyl sites for hydroxylation is 1. The first-order chi connectivity index (χ1) is 16.2. The first-order valence-electron chi connectivity index (χ1n) is 11.6. The molecule has 7 heteroatoms. The van der Waals surface area contributed by atoms with E-state index in [1.807, 2.05) is 11.5 Å². The Hall–Kier alpha value is -3.13. The lowest BCUT2D eigenvalue weighted by Gasteiger charge is -2.40. The fourth-order valence-corrected chi connectivity index (χ4v) is 4.80. The Morgan fingerprint density at radius 1 is 0.818 bits per heavy atom. The molecule has 33 heavy (non-hydrogen) atoms. The number of imidazole rings is 1. The van der Waals surface area contributed by atoms with Crippen molar-refractivity contribution in [3.8, 4) is 0 Å². The Morgan fingerprint density at radius 3 is 2.09 bits per heavy atom. The summed E-state index contributed by atoms with van der Waals surface area (Å²) >= 11 is 0. The van der Waals surface area contributed by atoms with Crippen LogP contribution < -0.4 is 0 Å². The van der Waals surface area contributed by atoms with E-state index in [1.54, 1.807) is 12.7 Å². The maximum absolute atomic E-state index is 10.8. The number of benzene rings is 2. The highest BCUT2D eigenvalue weighted by molar-refractivity contribution is 5.72. The minimum atomic E-state index is -0.483. The van der Waals surface area contributed by atoms with Crippen LogP contribution in [-0.2, 0) is 6.54 Å². The molecular formula is C26H30N6O. The number of aliphatic hydroxyl groups is 1. The molecule has 1 unspecified atom stereocenters. The lowest BCUT2D eigenvalue weighted by molar-refractivity contribution is 0.0560. The second-order valence-electron chi connectivity index (χ2n) is 8.74. The van der Waals surface area contributed by atoms with Crippen LogP contribution in [0.25, 0.3) is 11.2 Å². The maximum Gasteiger partial charge on any atom is 0.163 e. The number of rotatable bonds is 7. The molecule has 7 nitrogen and oxygen atoms in total. The van der Waals surface area contributed by atoms with Crippen molar-refractivity contribution in [2.75, 3.05) is 32.7 Å². The van der Waals surface area contributed by atoms with Gasteiger partial charge < -0.3 is 9.67 Å². The monoisotopic (exact) mass is 442 g/mol. The van der Waals surface area contributed by atoms with Crippen molar-refractivity contribution < 1.29 is 5.11 Å². The van der Waals surface area contributed by atoms with Gasteiger partial charge >= 0.3 is 0 Å². The van der Waals surface area contributed by atoms with Crippen molar-refractivity contribution in [2.24, 2.45) is 0 Å². The van der Waals surface area contributed by atoms with E-state index < -0.39 is 6.10 Å². The van der Waals surface area contributed by atoms with Gasteiger partial charge in [0.25, 0.3) is 0 Å². The van der Waals surface area contributed by atoms with Gasteiger partial charge in [-0.05, 0) is 18.1 Å². The van der Waals surface area contributed by atoms with Crippen molar-refractivity contribution in [1.29, 1.82) is 0 Å². The van der Waals surface area contributed by atoms with Crippen molar-refractivity contribution >= 4 is 11.2 Å². The highest BCUT2D eigenvalue weighted by Crippen LogP contribution is 2.29. The fraction of sp³-hybridized carbons (Fsp3) is 0.346. The fourth-order valence-electron chi connectivity index (χ4n) is 4.80. The summed E-state index contributed by atoms with van der Waals surface area (Å²) in [5, 5.41) is 10.8. The van der Waals surface area contributed by atoms with E-state index in [-0.39, 0.29) is 6.04 Å². The lowest BCUT2D eigenvalue weighted by atomic mass is 9.96. The van der Waals surface area contributed by atoms with Crippen molar-refractivity contribution in [2.45, 2.75) is 25.6 Å². The minimum absolute atomic E-state index is 0.250. The van der Waals surface area contributed by atoms with E-state index in [0.29, 0.717) is 13.1 Å². The molecule has 4 aromatic rings. The van der Waals surface area contributed by atoms with Crippen LogP contribution in [0.5, 0.6) is 0 Å². The van der Waals surface area contributed by atoms with Gasteiger partial charge in [-0.1, -0.05) is 60.7 Å². The van der Waals surface area contributed by atoms with E-state index in [4.69, 9.17) is 0 Å². The minimum Gasteiger partial charge on any atom is -0.390 e. The molecule has 170 valence electrons. The lowest BCUT2D eigenvalue weighted by Crippen LogP contribution is -2.50. The average Bonchev–Trinajstić information content (AvgIpc) is 3.26. The largest absolute Gasteiger partial charge is 0.390 e. The molecular weight excluding hydrogens is 412 g/mol. The summed E-state index contributed by atoms with van der Waals surface area (Å²) in [5.41, 5.74) is 5.07. The number of hydrogen-bond acceptors (Lipinski definition) is 6. The standard InChI is InChI=1S/C26H30N6O/c1-20-24-26(28-18-27-20)32(19-29-24)17-23(33)16-30-12-14-31(15-13-30)25(21-8-4-2-5-9-21)22-10-6-3-7-11-22/h2-11,18-19,23,25,33H,12-17H2,1H3. The van der Waals surface area contributed by atoms with Gasteiger partial charge in [-0.25, -0.2) is 15.0 Å². The number of hydrogen-bond donors (Lipinski definition) is 1. The zero-order valence-electron chi connectivity index (χ0n) is 19.0. The molecule has 5 rings (SSSR count). The molecule has 0 amide bonds. The molecule has 0 radical (unpaired) electrons. The van der Waals surface area contributed by atoms with Crippen LogP contribution in [0.4, 0.5) is 0 Å². The zero-order chi connectivity index (χ0) is 22.6. The van der Waals surface area contributed by atoms with E-state index in [9.17, 15) is 5.11 Å². The van der Waals surface area contributed by atoms with Crippen LogP contribution in [0.1, 0.15) is 22.9 Å². The molecule has 1 aliphatic rings. The third kappa shape index (κ3) is 4.80. The quantitative estimate of drug-likeness (QED) is 0.475. The van der Waals surface area contributed by atoms with Crippen LogP contribution in [0.3, 0.4) is 0 Å². The van der Waals surface area contributed by atoms with E-state index >= 15 is 0 Å². The maximum atomic E-state index is 10.8. The van der Waals surface area contributed by atoms with Crippen LogP contribution in [-0.4, -0.2) is 73.3 Å². The third-order valence-corrected chi connectivity index (χ3v) is 6.46. The van der Waals surface area contributed by atoms with Gasteiger partial charge in [-0.3, -0.25) is 9.80 Å². The van der Waals surface area contributed by atoms with Gasteiger partial charge in [0.15, 0.2) is 5.65 Å². The van der Waals surface area contributed by atoms with Crippen molar-refractivity contribution in [3.05, 3.63) is 90.1 Å². The van der Waals surface area contributed by atoms with Crippen LogP contribution in [0.15, 0.2) is 73.3 Å². The average molecular weight is 443 g/mol. The topological polar surface area (TPSA) is 70.3 Å². The molecule has 3 heterocycles. The number of aromatic nitrogens is 4. The highest BCUT2D eigenvalue weighted by Gasteiger charge is 2.27. The predicted molar refractivity (Wildman–Crippen MR) is 129 cm³/mol.